The van der Waals surface area contributed by atoms with E-state index in [0.29, 0.717) is 6.29 Å². The number of hydrogen-bond donors (Lipinski definition) is 0. The SMILES string of the molecule is COC(=O)c1ccc(OCC=O)cc1C(=O)OC. The number of aldehydes is 1. The molecule has 0 heterocycles. The topological polar surface area (TPSA) is 78.9 Å². The summed E-state index contributed by atoms with van der Waals surface area (Å²) < 4.78 is 14.1. The Morgan fingerprint density at radius 1 is 1.11 bits per heavy atom. The molecule has 0 N–H and O–H groups in total. The van der Waals surface area contributed by atoms with E-state index in [2.05, 4.69) is 9.47 Å². The molecule has 96 valence electrons. The van der Waals surface area contributed by atoms with Gasteiger partial charge in [0.2, 0.25) is 0 Å². The quantitative estimate of drug-likeness (QED) is 0.570. The van der Waals surface area contributed by atoms with Crippen molar-refractivity contribution in [3.8, 4) is 5.75 Å². The lowest BCUT2D eigenvalue weighted by atomic mass is 10.1. The lowest BCUT2D eigenvalue weighted by Crippen LogP contribution is -2.12. The molecule has 0 saturated heterocycles. The predicted molar refractivity (Wildman–Crippen MR) is 60.7 cm³/mol. The smallest absolute Gasteiger partial charge is 0.338 e. The predicted octanol–water partition coefficient (Wildman–Crippen LogP) is 0.837. The standard InChI is InChI=1S/C12H12O6/c1-16-11(14)9-4-3-8(18-6-5-13)7-10(9)12(15)17-2/h3-5,7H,6H2,1-2H3. The molecule has 18 heavy (non-hydrogen) atoms. The first kappa shape index (κ1) is 13.7. The second-order valence-electron chi connectivity index (χ2n) is 3.17. The fourth-order valence-electron chi connectivity index (χ4n) is 1.31. The van der Waals surface area contributed by atoms with Crippen LogP contribution in [0.3, 0.4) is 0 Å². The van der Waals surface area contributed by atoms with Crippen LogP contribution in [0.25, 0.3) is 0 Å². The Morgan fingerprint density at radius 2 is 1.72 bits per heavy atom. The van der Waals surface area contributed by atoms with Crippen molar-refractivity contribution < 1.29 is 28.6 Å². The molecule has 0 unspecified atom stereocenters. The van der Waals surface area contributed by atoms with Gasteiger partial charge in [-0.25, -0.2) is 9.59 Å². The van der Waals surface area contributed by atoms with Gasteiger partial charge >= 0.3 is 11.9 Å². The Bertz CT molecular complexity index is 466. The van der Waals surface area contributed by atoms with Crippen LogP contribution in [0.4, 0.5) is 0 Å². The second kappa shape index (κ2) is 6.39. The van der Waals surface area contributed by atoms with Crippen molar-refractivity contribution in [1.29, 1.82) is 0 Å². The van der Waals surface area contributed by atoms with Gasteiger partial charge in [-0.3, -0.25) is 4.79 Å². The molecule has 0 bridgehead atoms. The van der Waals surface area contributed by atoms with Crippen LogP contribution in [-0.2, 0) is 14.3 Å². The number of hydrogen-bond acceptors (Lipinski definition) is 6. The van der Waals surface area contributed by atoms with Crippen molar-refractivity contribution in [3.05, 3.63) is 29.3 Å². The van der Waals surface area contributed by atoms with Crippen molar-refractivity contribution in [2.75, 3.05) is 20.8 Å². The van der Waals surface area contributed by atoms with Crippen molar-refractivity contribution in [1.82, 2.24) is 0 Å². The van der Waals surface area contributed by atoms with Gasteiger partial charge in [-0.15, -0.1) is 0 Å². The number of carbonyl (C=O) groups is 3. The molecule has 1 rings (SSSR count). The van der Waals surface area contributed by atoms with E-state index in [-0.39, 0.29) is 23.5 Å². The van der Waals surface area contributed by atoms with Gasteiger partial charge in [-0.05, 0) is 18.2 Å². The van der Waals surface area contributed by atoms with Gasteiger partial charge in [0, 0.05) is 0 Å². The molecule has 6 nitrogen and oxygen atoms in total. The van der Waals surface area contributed by atoms with Gasteiger partial charge in [0.25, 0.3) is 0 Å². The minimum absolute atomic E-state index is 0.0211. The fourth-order valence-corrected chi connectivity index (χ4v) is 1.31. The first-order chi connectivity index (χ1) is 8.63. The molecular weight excluding hydrogens is 240 g/mol. The van der Waals surface area contributed by atoms with Crippen molar-refractivity contribution in [2.45, 2.75) is 0 Å². The summed E-state index contributed by atoms with van der Waals surface area (Å²) in [5.41, 5.74) is 0.0931. The Morgan fingerprint density at radius 3 is 2.28 bits per heavy atom. The first-order valence-corrected chi connectivity index (χ1v) is 5.01. The highest BCUT2D eigenvalue weighted by Crippen LogP contribution is 2.19. The summed E-state index contributed by atoms with van der Waals surface area (Å²) in [7, 11) is 2.41. The largest absolute Gasteiger partial charge is 0.486 e. The molecule has 0 aliphatic heterocycles. The summed E-state index contributed by atoms with van der Waals surface area (Å²) in [6, 6.07) is 4.15. The van der Waals surface area contributed by atoms with E-state index in [0.717, 1.165) is 0 Å². The fraction of sp³-hybridized carbons (Fsp3) is 0.250. The molecule has 0 aliphatic rings. The van der Waals surface area contributed by atoms with Gasteiger partial charge in [0.15, 0.2) is 6.29 Å². The normalized spacial score (nSPS) is 9.44. The lowest BCUT2D eigenvalue weighted by molar-refractivity contribution is -0.109. The summed E-state index contributed by atoms with van der Waals surface area (Å²) in [5.74, 6) is -1.06. The number of carbonyl (C=O) groups excluding carboxylic acids is 3. The Balaban J connectivity index is 3.15. The maximum absolute atomic E-state index is 11.5. The summed E-state index contributed by atoms with van der Waals surface area (Å²) in [5, 5.41) is 0. The van der Waals surface area contributed by atoms with Crippen LogP contribution in [0.2, 0.25) is 0 Å². The molecule has 0 saturated carbocycles. The van der Waals surface area contributed by atoms with Crippen LogP contribution < -0.4 is 4.74 Å². The maximum Gasteiger partial charge on any atom is 0.338 e. The Kier molecular flexibility index (Phi) is 4.86. The van der Waals surface area contributed by atoms with E-state index in [1.54, 1.807) is 0 Å². The third-order valence-corrected chi connectivity index (χ3v) is 2.12. The van der Waals surface area contributed by atoms with Crippen molar-refractivity contribution in [3.63, 3.8) is 0 Å². The van der Waals surface area contributed by atoms with Crippen LogP contribution in [0.15, 0.2) is 18.2 Å². The van der Waals surface area contributed by atoms with Crippen LogP contribution in [-0.4, -0.2) is 39.1 Å². The van der Waals surface area contributed by atoms with Gasteiger partial charge in [-0.1, -0.05) is 0 Å². The molecule has 0 aliphatic carbocycles. The van der Waals surface area contributed by atoms with Gasteiger partial charge in [0.1, 0.15) is 12.4 Å². The zero-order chi connectivity index (χ0) is 13.5. The molecule has 6 heteroatoms. The van der Waals surface area contributed by atoms with Crippen LogP contribution in [0.1, 0.15) is 20.7 Å². The zero-order valence-corrected chi connectivity index (χ0v) is 9.97. The Labute approximate surface area is 103 Å². The lowest BCUT2D eigenvalue weighted by Gasteiger charge is -2.08. The Hall–Kier alpha value is -2.37. The average molecular weight is 252 g/mol. The first-order valence-electron chi connectivity index (χ1n) is 5.01. The van der Waals surface area contributed by atoms with Gasteiger partial charge < -0.3 is 14.2 Å². The molecule has 0 fully saturated rings. The van der Waals surface area contributed by atoms with E-state index in [1.807, 2.05) is 0 Å². The van der Waals surface area contributed by atoms with Crippen LogP contribution >= 0.6 is 0 Å². The van der Waals surface area contributed by atoms with E-state index in [4.69, 9.17) is 4.74 Å². The van der Waals surface area contributed by atoms with Gasteiger partial charge in [0.05, 0.1) is 25.3 Å². The molecule has 0 spiro atoms. The number of ether oxygens (including phenoxy) is 3. The highest BCUT2D eigenvalue weighted by molar-refractivity contribution is 6.03. The number of esters is 2. The summed E-state index contributed by atoms with van der Waals surface area (Å²) in [4.78, 5) is 33.2. The molecular formula is C12H12O6. The summed E-state index contributed by atoms with van der Waals surface area (Å²) in [6.07, 6.45) is 0.575. The maximum atomic E-state index is 11.5. The summed E-state index contributed by atoms with van der Waals surface area (Å²) in [6.45, 7) is -0.141. The minimum Gasteiger partial charge on any atom is -0.486 e. The molecule has 1 aromatic carbocycles. The minimum atomic E-state index is -0.688. The van der Waals surface area contributed by atoms with E-state index >= 15 is 0 Å². The molecule has 0 radical (unpaired) electrons. The van der Waals surface area contributed by atoms with Crippen LogP contribution in [0.5, 0.6) is 5.75 Å². The number of methoxy groups -OCH3 is 2. The molecule has 1 aromatic rings. The zero-order valence-electron chi connectivity index (χ0n) is 9.97. The van der Waals surface area contributed by atoms with Gasteiger partial charge in [-0.2, -0.15) is 0 Å². The average Bonchev–Trinajstić information content (AvgIpc) is 2.43. The molecule has 0 aromatic heterocycles. The number of rotatable bonds is 5. The molecule has 0 atom stereocenters. The molecule has 0 amide bonds. The van der Waals surface area contributed by atoms with E-state index in [1.165, 1.54) is 32.4 Å². The number of benzene rings is 1. The third-order valence-electron chi connectivity index (χ3n) is 2.12. The van der Waals surface area contributed by atoms with Crippen molar-refractivity contribution >= 4 is 18.2 Å². The highest BCUT2D eigenvalue weighted by Gasteiger charge is 2.19. The second-order valence-corrected chi connectivity index (χ2v) is 3.17. The summed E-state index contributed by atoms with van der Waals surface area (Å²) >= 11 is 0. The van der Waals surface area contributed by atoms with Crippen LogP contribution in [0, 0.1) is 0 Å². The van der Waals surface area contributed by atoms with E-state index < -0.39 is 11.9 Å². The monoisotopic (exact) mass is 252 g/mol. The van der Waals surface area contributed by atoms with E-state index in [9.17, 15) is 14.4 Å². The highest BCUT2D eigenvalue weighted by atomic mass is 16.5. The third kappa shape index (κ3) is 3.07. The van der Waals surface area contributed by atoms with Crippen molar-refractivity contribution in [2.24, 2.45) is 0 Å².